The van der Waals surface area contributed by atoms with Crippen molar-refractivity contribution in [1.29, 1.82) is 0 Å². The van der Waals surface area contributed by atoms with Crippen LogP contribution < -0.4 is 10.6 Å². The number of amides is 1. The van der Waals surface area contributed by atoms with Crippen molar-refractivity contribution in [3.8, 4) is 0 Å². The number of benzene rings is 1. The molecule has 0 saturated heterocycles. The smallest absolute Gasteiger partial charge is 0.248 e. The Morgan fingerprint density at radius 3 is 2.76 bits per heavy atom. The molecule has 2 rings (SSSR count). The molecule has 0 aliphatic rings. The van der Waals surface area contributed by atoms with E-state index in [0.717, 1.165) is 16.9 Å². The highest BCUT2D eigenvalue weighted by Crippen LogP contribution is 2.21. The van der Waals surface area contributed by atoms with Crippen molar-refractivity contribution in [1.82, 2.24) is 4.98 Å². The second-order valence-electron chi connectivity index (χ2n) is 4.85. The van der Waals surface area contributed by atoms with Crippen LogP contribution in [0.25, 0.3) is 0 Å². The van der Waals surface area contributed by atoms with E-state index in [4.69, 9.17) is 11.6 Å². The average Bonchev–Trinajstić information content (AvgIpc) is 2.85. The number of aryl methyl sites for hydroxylation is 2. The normalized spacial score (nSPS) is 12.0. The number of nitrogens with zero attached hydrogens (tertiary/aromatic N) is 1. The Kier molecular flexibility index (Phi) is 5.20. The predicted octanol–water partition coefficient (Wildman–Crippen LogP) is 4.24. The molecule has 6 heteroatoms. The van der Waals surface area contributed by atoms with Crippen LogP contribution in [0.3, 0.4) is 0 Å². The summed E-state index contributed by atoms with van der Waals surface area (Å²) < 4.78 is 0. The van der Waals surface area contributed by atoms with Crippen LogP contribution in [0.1, 0.15) is 24.6 Å². The number of hydrogen-bond acceptors (Lipinski definition) is 4. The molecule has 0 bridgehead atoms. The second kappa shape index (κ2) is 6.91. The zero-order valence-electron chi connectivity index (χ0n) is 12.2. The molecule has 0 fully saturated rings. The summed E-state index contributed by atoms with van der Waals surface area (Å²) in [6.45, 7) is 5.80. The van der Waals surface area contributed by atoms with Crippen molar-refractivity contribution < 1.29 is 4.79 Å². The number of thiazole rings is 1. The van der Waals surface area contributed by atoms with E-state index in [1.54, 1.807) is 0 Å². The quantitative estimate of drug-likeness (QED) is 0.865. The topological polar surface area (TPSA) is 54.0 Å². The molecule has 0 aliphatic carbocycles. The van der Waals surface area contributed by atoms with E-state index in [0.29, 0.717) is 16.6 Å². The van der Waals surface area contributed by atoms with Crippen molar-refractivity contribution in [2.45, 2.75) is 33.2 Å². The fourth-order valence-corrected chi connectivity index (χ4v) is 2.71. The van der Waals surface area contributed by atoms with Gasteiger partial charge in [0.25, 0.3) is 0 Å². The Balaban J connectivity index is 2.04. The lowest BCUT2D eigenvalue weighted by Crippen LogP contribution is -2.34. The molecule has 2 N–H and O–H groups in total. The van der Waals surface area contributed by atoms with Gasteiger partial charge in [-0.05, 0) is 38.0 Å². The van der Waals surface area contributed by atoms with Gasteiger partial charge < -0.3 is 10.6 Å². The van der Waals surface area contributed by atoms with Gasteiger partial charge >= 0.3 is 0 Å². The first kappa shape index (κ1) is 15.8. The summed E-state index contributed by atoms with van der Waals surface area (Å²) in [5, 5.41) is 9.25. The number of nitrogens with one attached hydrogen (secondary N) is 2. The third-order valence-corrected chi connectivity index (χ3v) is 4.37. The minimum atomic E-state index is -0.326. The van der Waals surface area contributed by atoms with Crippen LogP contribution in [0.2, 0.25) is 5.02 Å². The summed E-state index contributed by atoms with van der Waals surface area (Å²) in [7, 11) is 0. The lowest BCUT2D eigenvalue weighted by molar-refractivity contribution is -0.116. The van der Waals surface area contributed by atoms with Gasteiger partial charge in [-0.15, -0.1) is 11.3 Å². The van der Waals surface area contributed by atoms with Gasteiger partial charge in [0.15, 0.2) is 5.13 Å². The van der Waals surface area contributed by atoms with Crippen LogP contribution >= 0.6 is 22.9 Å². The molecule has 112 valence electrons. The van der Waals surface area contributed by atoms with Gasteiger partial charge in [0, 0.05) is 16.1 Å². The Labute approximate surface area is 133 Å². The minimum absolute atomic E-state index is 0.0939. The summed E-state index contributed by atoms with van der Waals surface area (Å²) in [5.74, 6) is -0.0939. The van der Waals surface area contributed by atoms with Gasteiger partial charge in [-0.1, -0.05) is 24.6 Å². The number of rotatable bonds is 5. The number of anilines is 2. The van der Waals surface area contributed by atoms with Crippen molar-refractivity contribution in [3.05, 3.63) is 39.9 Å². The molecule has 0 aliphatic heterocycles. The van der Waals surface area contributed by atoms with Crippen molar-refractivity contribution >= 4 is 39.7 Å². The van der Waals surface area contributed by atoms with Crippen LogP contribution in [0.4, 0.5) is 10.8 Å². The maximum absolute atomic E-state index is 12.3. The molecule has 0 saturated carbocycles. The summed E-state index contributed by atoms with van der Waals surface area (Å²) in [6, 6.07) is 5.36. The summed E-state index contributed by atoms with van der Waals surface area (Å²) in [5.41, 5.74) is 2.75. The summed E-state index contributed by atoms with van der Waals surface area (Å²) in [4.78, 5) is 16.5. The number of aromatic nitrogens is 1. The first-order valence-electron chi connectivity index (χ1n) is 6.75. The van der Waals surface area contributed by atoms with E-state index < -0.39 is 0 Å². The van der Waals surface area contributed by atoms with E-state index in [2.05, 4.69) is 15.6 Å². The van der Waals surface area contributed by atoms with Gasteiger partial charge in [-0.3, -0.25) is 4.79 Å². The Morgan fingerprint density at radius 2 is 2.19 bits per heavy atom. The highest BCUT2D eigenvalue weighted by Gasteiger charge is 2.17. The second-order valence-corrected chi connectivity index (χ2v) is 6.12. The monoisotopic (exact) mass is 323 g/mol. The average molecular weight is 324 g/mol. The third-order valence-electron chi connectivity index (χ3n) is 3.09. The largest absolute Gasteiger partial charge is 0.374 e. The van der Waals surface area contributed by atoms with Crippen LogP contribution in [-0.4, -0.2) is 16.9 Å². The zero-order chi connectivity index (χ0) is 15.4. The van der Waals surface area contributed by atoms with E-state index in [-0.39, 0.29) is 11.9 Å². The maximum atomic E-state index is 12.3. The maximum Gasteiger partial charge on any atom is 0.248 e. The molecule has 1 amide bonds. The fourth-order valence-electron chi connectivity index (χ4n) is 1.84. The fraction of sp³-hybridized carbons (Fsp3) is 0.333. The number of hydrogen-bond donors (Lipinski definition) is 2. The van der Waals surface area contributed by atoms with Gasteiger partial charge in [-0.25, -0.2) is 4.98 Å². The Morgan fingerprint density at radius 1 is 1.43 bits per heavy atom. The molecule has 0 radical (unpaired) electrons. The summed E-state index contributed by atoms with van der Waals surface area (Å²) in [6.07, 6.45) is 0.668. The molecule has 1 aromatic heterocycles. The van der Waals surface area contributed by atoms with Gasteiger partial charge in [0.1, 0.15) is 6.04 Å². The first-order chi connectivity index (χ1) is 9.99. The lowest BCUT2D eigenvalue weighted by atomic mass is 10.1. The molecule has 2 aromatic rings. The molecule has 1 aromatic carbocycles. The highest BCUT2D eigenvalue weighted by atomic mass is 35.5. The predicted molar refractivity (Wildman–Crippen MR) is 89.4 cm³/mol. The van der Waals surface area contributed by atoms with Gasteiger partial charge in [0.2, 0.25) is 5.91 Å². The molecular formula is C15H18ClN3OS. The molecule has 1 heterocycles. The van der Waals surface area contributed by atoms with E-state index in [1.807, 2.05) is 44.4 Å². The number of carbonyl (C=O) groups excluding carboxylic acids is 1. The van der Waals surface area contributed by atoms with Crippen LogP contribution in [0, 0.1) is 13.8 Å². The van der Waals surface area contributed by atoms with E-state index >= 15 is 0 Å². The van der Waals surface area contributed by atoms with E-state index in [9.17, 15) is 4.79 Å². The van der Waals surface area contributed by atoms with Crippen LogP contribution in [-0.2, 0) is 4.79 Å². The van der Waals surface area contributed by atoms with Gasteiger partial charge in [-0.2, -0.15) is 0 Å². The highest BCUT2D eigenvalue weighted by molar-refractivity contribution is 7.13. The summed E-state index contributed by atoms with van der Waals surface area (Å²) >= 11 is 7.53. The minimum Gasteiger partial charge on any atom is -0.374 e. The standard InChI is InChI=1S/C15H18ClN3OS/c1-4-13(14(20)19-15-17-10(3)8-21-15)18-11-6-5-9(2)12(16)7-11/h5-8,13,18H,4H2,1-3H3,(H,17,19,20)/t13-/m1/s1. The Bertz CT molecular complexity index is 642. The third kappa shape index (κ3) is 4.19. The molecule has 0 spiro atoms. The zero-order valence-corrected chi connectivity index (χ0v) is 13.8. The number of halogens is 1. The van der Waals surface area contributed by atoms with Crippen LogP contribution in [0.15, 0.2) is 23.6 Å². The number of carbonyl (C=O) groups is 1. The molecule has 1 atom stereocenters. The lowest BCUT2D eigenvalue weighted by Gasteiger charge is -2.17. The molecule has 0 unspecified atom stereocenters. The van der Waals surface area contributed by atoms with Crippen LogP contribution in [0.5, 0.6) is 0 Å². The van der Waals surface area contributed by atoms with Gasteiger partial charge in [0.05, 0.1) is 5.69 Å². The molecule has 4 nitrogen and oxygen atoms in total. The molecule has 21 heavy (non-hydrogen) atoms. The Hall–Kier alpha value is -1.59. The molecular weight excluding hydrogens is 306 g/mol. The SMILES string of the molecule is CC[C@@H](Nc1ccc(C)c(Cl)c1)C(=O)Nc1nc(C)cs1. The van der Waals surface area contributed by atoms with Crippen molar-refractivity contribution in [3.63, 3.8) is 0 Å². The van der Waals surface area contributed by atoms with Crippen molar-refractivity contribution in [2.24, 2.45) is 0 Å². The van der Waals surface area contributed by atoms with Crippen molar-refractivity contribution in [2.75, 3.05) is 10.6 Å². The first-order valence-corrected chi connectivity index (χ1v) is 8.01. The van der Waals surface area contributed by atoms with E-state index in [1.165, 1.54) is 11.3 Å².